The molecule has 0 aliphatic heterocycles. The van der Waals surface area contributed by atoms with E-state index in [-0.39, 0.29) is 10.8 Å². The third-order valence-corrected chi connectivity index (χ3v) is 7.31. The highest BCUT2D eigenvalue weighted by atomic mass is 32.2. The van der Waals surface area contributed by atoms with Gasteiger partial charge in [0, 0.05) is 24.1 Å². The molecule has 0 unspecified atom stereocenters. The highest BCUT2D eigenvalue weighted by molar-refractivity contribution is 7.98. The first-order valence-electron chi connectivity index (χ1n) is 9.79. The van der Waals surface area contributed by atoms with Gasteiger partial charge in [0.2, 0.25) is 0 Å². The quantitative estimate of drug-likeness (QED) is 0.505. The smallest absolute Gasteiger partial charge is 0.261 e. The van der Waals surface area contributed by atoms with Crippen molar-refractivity contribution in [3.8, 4) is 0 Å². The zero-order valence-electron chi connectivity index (χ0n) is 18.0. The van der Waals surface area contributed by atoms with Crippen LogP contribution in [0.4, 0.5) is 5.69 Å². The van der Waals surface area contributed by atoms with Crippen molar-refractivity contribution in [1.29, 1.82) is 0 Å². The number of thioether (sulfide) groups is 1. The lowest BCUT2D eigenvalue weighted by molar-refractivity contribution is 0.0785. The van der Waals surface area contributed by atoms with Gasteiger partial charge in [-0.05, 0) is 79.3 Å². The van der Waals surface area contributed by atoms with E-state index in [1.807, 2.05) is 56.5 Å². The molecule has 3 rings (SSSR count). The van der Waals surface area contributed by atoms with Gasteiger partial charge in [-0.1, -0.05) is 24.3 Å². The summed E-state index contributed by atoms with van der Waals surface area (Å²) < 4.78 is 28.2. The first-order chi connectivity index (χ1) is 14.7. The highest BCUT2D eigenvalue weighted by Gasteiger charge is 2.18. The molecular formula is C24H26N2O3S2. The average molecular weight is 455 g/mol. The van der Waals surface area contributed by atoms with E-state index in [1.165, 1.54) is 17.0 Å². The molecule has 0 fully saturated rings. The van der Waals surface area contributed by atoms with Crippen LogP contribution in [0.15, 0.2) is 76.5 Å². The number of carbonyl (C=O) groups excluding carboxylic acids is 1. The van der Waals surface area contributed by atoms with Crippen molar-refractivity contribution in [2.24, 2.45) is 0 Å². The Morgan fingerprint density at radius 2 is 1.61 bits per heavy atom. The topological polar surface area (TPSA) is 66.5 Å². The molecule has 0 spiro atoms. The minimum Gasteiger partial charge on any atom is -0.337 e. The second kappa shape index (κ2) is 9.58. The van der Waals surface area contributed by atoms with Crippen LogP contribution in [0, 0.1) is 13.8 Å². The summed E-state index contributed by atoms with van der Waals surface area (Å²) in [6.07, 6.45) is 2.02. The maximum absolute atomic E-state index is 12.8. The van der Waals surface area contributed by atoms with Gasteiger partial charge in [-0.3, -0.25) is 9.52 Å². The first kappa shape index (κ1) is 22.9. The monoisotopic (exact) mass is 454 g/mol. The summed E-state index contributed by atoms with van der Waals surface area (Å²) in [7, 11) is -2.01. The van der Waals surface area contributed by atoms with Gasteiger partial charge in [0.25, 0.3) is 15.9 Å². The van der Waals surface area contributed by atoms with E-state index in [0.717, 1.165) is 16.7 Å². The number of amides is 1. The molecule has 0 bridgehead atoms. The fourth-order valence-electron chi connectivity index (χ4n) is 3.14. The molecule has 1 N–H and O–H groups in total. The predicted octanol–water partition coefficient (Wildman–Crippen LogP) is 5.10. The standard InChI is InChI=1S/C24H26N2O3S2/c1-17-6-5-7-23(18(17)2)25-31(28,29)22-14-10-20(11-15-22)24(27)26(3)16-19-8-12-21(30-4)13-9-19/h5-15,25H,16H2,1-4H3. The molecule has 0 radical (unpaired) electrons. The van der Waals surface area contributed by atoms with E-state index in [1.54, 1.807) is 41.9 Å². The third-order valence-electron chi connectivity index (χ3n) is 5.19. The van der Waals surface area contributed by atoms with Gasteiger partial charge in [-0.2, -0.15) is 0 Å². The Kier molecular flexibility index (Phi) is 7.08. The molecular weight excluding hydrogens is 428 g/mol. The summed E-state index contributed by atoms with van der Waals surface area (Å²) in [5, 5.41) is 0. The van der Waals surface area contributed by atoms with Crippen molar-refractivity contribution in [1.82, 2.24) is 4.90 Å². The van der Waals surface area contributed by atoms with Crippen LogP contribution < -0.4 is 4.72 Å². The van der Waals surface area contributed by atoms with Crippen molar-refractivity contribution >= 4 is 33.4 Å². The number of hydrogen-bond donors (Lipinski definition) is 1. The largest absolute Gasteiger partial charge is 0.337 e. The van der Waals surface area contributed by atoms with Gasteiger partial charge in [0.05, 0.1) is 10.6 Å². The zero-order valence-corrected chi connectivity index (χ0v) is 19.7. The van der Waals surface area contributed by atoms with E-state index in [0.29, 0.717) is 17.8 Å². The molecule has 1 amide bonds. The maximum atomic E-state index is 12.8. The summed E-state index contributed by atoms with van der Waals surface area (Å²) in [6, 6.07) is 19.6. The van der Waals surface area contributed by atoms with Crippen LogP contribution in [0.1, 0.15) is 27.0 Å². The molecule has 7 heteroatoms. The summed E-state index contributed by atoms with van der Waals surface area (Å²) in [6.45, 7) is 4.28. The number of nitrogens with one attached hydrogen (secondary N) is 1. The van der Waals surface area contributed by atoms with Gasteiger partial charge in [0.15, 0.2) is 0 Å². The van der Waals surface area contributed by atoms with Gasteiger partial charge >= 0.3 is 0 Å². The molecule has 0 saturated heterocycles. The van der Waals surface area contributed by atoms with Crippen molar-refractivity contribution in [3.63, 3.8) is 0 Å². The van der Waals surface area contributed by atoms with Crippen molar-refractivity contribution in [3.05, 3.63) is 89.0 Å². The molecule has 162 valence electrons. The van der Waals surface area contributed by atoms with Gasteiger partial charge < -0.3 is 4.90 Å². The van der Waals surface area contributed by atoms with Gasteiger partial charge in [-0.15, -0.1) is 11.8 Å². The van der Waals surface area contributed by atoms with E-state index < -0.39 is 10.0 Å². The molecule has 3 aromatic rings. The molecule has 0 heterocycles. The van der Waals surface area contributed by atoms with Crippen LogP contribution in [0.2, 0.25) is 0 Å². The molecule has 0 aromatic heterocycles. The number of carbonyl (C=O) groups is 1. The predicted molar refractivity (Wildman–Crippen MR) is 127 cm³/mol. The van der Waals surface area contributed by atoms with Crippen LogP contribution in [-0.2, 0) is 16.6 Å². The Hall–Kier alpha value is -2.77. The number of rotatable bonds is 7. The van der Waals surface area contributed by atoms with Gasteiger partial charge in [0.1, 0.15) is 0 Å². The average Bonchev–Trinajstić information content (AvgIpc) is 2.77. The zero-order chi connectivity index (χ0) is 22.6. The SMILES string of the molecule is CSc1ccc(CN(C)C(=O)c2ccc(S(=O)(=O)Nc3cccc(C)c3C)cc2)cc1. The van der Waals surface area contributed by atoms with E-state index in [4.69, 9.17) is 0 Å². The van der Waals surface area contributed by atoms with E-state index in [2.05, 4.69) is 4.72 Å². The van der Waals surface area contributed by atoms with Crippen LogP contribution in [0.5, 0.6) is 0 Å². The Morgan fingerprint density at radius 3 is 2.23 bits per heavy atom. The summed E-state index contributed by atoms with van der Waals surface area (Å²) >= 11 is 1.67. The second-order valence-corrected chi connectivity index (χ2v) is 9.95. The molecule has 0 aliphatic rings. The molecule has 31 heavy (non-hydrogen) atoms. The van der Waals surface area contributed by atoms with Crippen LogP contribution in [-0.4, -0.2) is 32.5 Å². The van der Waals surface area contributed by atoms with Crippen molar-refractivity contribution in [2.45, 2.75) is 30.2 Å². The Balaban J connectivity index is 1.72. The number of benzene rings is 3. The van der Waals surface area contributed by atoms with E-state index in [9.17, 15) is 13.2 Å². The lowest BCUT2D eigenvalue weighted by Crippen LogP contribution is -2.26. The highest BCUT2D eigenvalue weighted by Crippen LogP contribution is 2.22. The Morgan fingerprint density at radius 1 is 0.968 bits per heavy atom. The lowest BCUT2D eigenvalue weighted by Gasteiger charge is -2.18. The minimum absolute atomic E-state index is 0.111. The minimum atomic E-state index is -3.75. The number of aryl methyl sites for hydroxylation is 1. The fraction of sp³-hybridized carbons (Fsp3) is 0.208. The number of hydrogen-bond acceptors (Lipinski definition) is 4. The van der Waals surface area contributed by atoms with E-state index >= 15 is 0 Å². The maximum Gasteiger partial charge on any atom is 0.261 e. The first-order valence-corrected chi connectivity index (χ1v) is 12.5. The Labute approximate surface area is 188 Å². The summed E-state index contributed by atoms with van der Waals surface area (Å²) in [5.41, 5.74) is 3.91. The van der Waals surface area contributed by atoms with Gasteiger partial charge in [-0.25, -0.2) is 8.42 Å². The van der Waals surface area contributed by atoms with Crippen LogP contribution >= 0.6 is 11.8 Å². The third kappa shape index (κ3) is 5.48. The second-order valence-electron chi connectivity index (χ2n) is 7.39. The summed E-state index contributed by atoms with van der Waals surface area (Å²) in [5.74, 6) is -0.166. The van der Waals surface area contributed by atoms with Crippen molar-refractivity contribution < 1.29 is 13.2 Å². The van der Waals surface area contributed by atoms with Crippen LogP contribution in [0.25, 0.3) is 0 Å². The molecule has 0 aliphatic carbocycles. The molecule has 5 nitrogen and oxygen atoms in total. The molecule has 3 aromatic carbocycles. The summed E-state index contributed by atoms with van der Waals surface area (Å²) in [4.78, 5) is 15.7. The number of sulfonamides is 1. The fourth-order valence-corrected chi connectivity index (χ4v) is 4.67. The Bertz CT molecular complexity index is 1170. The van der Waals surface area contributed by atoms with Crippen molar-refractivity contribution in [2.75, 3.05) is 18.0 Å². The molecule has 0 saturated carbocycles. The number of nitrogens with zero attached hydrogens (tertiary/aromatic N) is 1. The number of anilines is 1. The van der Waals surface area contributed by atoms with Crippen LogP contribution in [0.3, 0.4) is 0 Å². The molecule has 0 atom stereocenters. The normalized spacial score (nSPS) is 11.2. The lowest BCUT2D eigenvalue weighted by atomic mass is 10.1.